The van der Waals surface area contributed by atoms with Crippen molar-refractivity contribution in [2.75, 3.05) is 18.8 Å². The lowest BCUT2D eigenvalue weighted by Gasteiger charge is -2.20. The van der Waals surface area contributed by atoms with Crippen molar-refractivity contribution in [3.05, 3.63) is 29.8 Å². The minimum absolute atomic E-state index is 0.325. The molecule has 1 heterocycles. The van der Waals surface area contributed by atoms with Crippen LogP contribution >= 0.6 is 0 Å². The first kappa shape index (κ1) is 13.9. The Morgan fingerprint density at radius 3 is 2.58 bits per heavy atom. The van der Waals surface area contributed by atoms with Crippen LogP contribution in [0.25, 0.3) is 0 Å². The fraction of sp³-hybridized carbons (Fsp3) is 0.562. The quantitative estimate of drug-likeness (QED) is 0.846. The maximum Gasteiger partial charge on any atom is 0.222 e. The Bertz CT molecular complexity index is 409. The number of hydrogen-bond donors (Lipinski definition) is 1. The topological polar surface area (TPSA) is 46.3 Å². The molecule has 3 nitrogen and oxygen atoms in total. The summed E-state index contributed by atoms with van der Waals surface area (Å²) in [6, 6.07) is 7.94. The molecule has 0 radical (unpaired) electrons. The van der Waals surface area contributed by atoms with Gasteiger partial charge < -0.3 is 10.6 Å². The van der Waals surface area contributed by atoms with Crippen LogP contribution in [0.5, 0.6) is 0 Å². The van der Waals surface area contributed by atoms with Gasteiger partial charge in [-0.2, -0.15) is 0 Å². The van der Waals surface area contributed by atoms with Crippen LogP contribution in [0.1, 0.15) is 44.1 Å². The fourth-order valence-electron chi connectivity index (χ4n) is 2.67. The summed E-state index contributed by atoms with van der Waals surface area (Å²) in [5.74, 6) is 0.325. The molecule has 0 spiro atoms. The first-order valence-corrected chi connectivity index (χ1v) is 7.38. The van der Waals surface area contributed by atoms with Crippen molar-refractivity contribution < 1.29 is 4.79 Å². The SMILES string of the molecule is Nc1cccc(CCCC(=O)N2CCCCCC2)c1. The Balaban J connectivity index is 1.74. The van der Waals surface area contributed by atoms with E-state index in [1.54, 1.807) is 0 Å². The Labute approximate surface area is 115 Å². The molecule has 0 aliphatic carbocycles. The molecule has 19 heavy (non-hydrogen) atoms. The molecule has 1 saturated heterocycles. The smallest absolute Gasteiger partial charge is 0.222 e. The predicted octanol–water partition coefficient (Wildman–Crippen LogP) is 2.99. The molecule has 1 aromatic carbocycles. The van der Waals surface area contributed by atoms with Crippen LogP contribution in [0.15, 0.2) is 24.3 Å². The van der Waals surface area contributed by atoms with Gasteiger partial charge in [0.15, 0.2) is 0 Å². The second kappa shape index (κ2) is 7.17. The molecule has 3 heteroatoms. The van der Waals surface area contributed by atoms with Gasteiger partial charge in [0.1, 0.15) is 0 Å². The van der Waals surface area contributed by atoms with Crippen molar-refractivity contribution in [1.29, 1.82) is 0 Å². The number of hydrogen-bond acceptors (Lipinski definition) is 2. The fourth-order valence-corrected chi connectivity index (χ4v) is 2.67. The van der Waals surface area contributed by atoms with Gasteiger partial charge in [-0.15, -0.1) is 0 Å². The highest BCUT2D eigenvalue weighted by molar-refractivity contribution is 5.76. The summed E-state index contributed by atoms with van der Waals surface area (Å²) in [4.78, 5) is 14.2. The van der Waals surface area contributed by atoms with Crippen molar-refractivity contribution in [2.45, 2.75) is 44.9 Å². The van der Waals surface area contributed by atoms with E-state index in [1.165, 1.54) is 31.2 Å². The number of nitrogen functional groups attached to an aromatic ring is 1. The van der Waals surface area contributed by atoms with Gasteiger partial charge >= 0.3 is 0 Å². The van der Waals surface area contributed by atoms with Crippen LogP contribution in [-0.4, -0.2) is 23.9 Å². The van der Waals surface area contributed by atoms with E-state index < -0.39 is 0 Å². The molecule has 2 N–H and O–H groups in total. The van der Waals surface area contributed by atoms with Crippen LogP contribution in [0.2, 0.25) is 0 Å². The number of anilines is 1. The average molecular weight is 260 g/mol. The summed E-state index contributed by atoms with van der Waals surface area (Å²) in [5.41, 5.74) is 7.78. The molecule has 0 atom stereocenters. The average Bonchev–Trinajstić information content (AvgIpc) is 2.67. The molecule has 1 aromatic rings. The lowest BCUT2D eigenvalue weighted by Crippen LogP contribution is -2.31. The number of carbonyl (C=O) groups is 1. The Kier molecular flexibility index (Phi) is 5.25. The van der Waals surface area contributed by atoms with Gasteiger partial charge in [0.05, 0.1) is 0 Å². The van der Waals surface area contributed by atoms with E-state index in [1.807, 2.05) is 23.1 Å². The zero-order valence-corrected chi connectivity index (χ0v) is 11.6. The molecule has 0 bridgehead atoms. The number of aryl methyl sites for hydroxylation is 1. The molecule has 1 amide bonds. The van der Waals surface area contributed by atoms with Gasteiger partial charge in [0, 0.05) is 25.2 Å². The third-order valence-corrected chi connectivity index (χ3v) is 3.77. The van der Waals surface area contributed by atoms with E-state index in [0.29, 0.717) is 12.3 Å². The van der Waals surface area contributed by atoms with Gasteiger partial charge in [-0.1, -0.05) is 25.0 Å². The van der Waals surface area contributed by atoms with Crippen LogP contribution in [0.4, 0.5) is 5.69 Å². The van der Waals surface area contributed by atoms with Crippen LogP contribution < -0.4 is 5.73 Å². The van der Waals surface area contributed by atoms with E-state index >= 15 is 0 Å². The third kappa shape index (κ3) is 4.58. The summed E-state index contributed by atoms with van der Waals surface area (Å²) in [6.07, 6.45) is 7.39. The van der Waals surface area contributed by atoms with Gasteiger partial charge in [0.2, 0.25) is 5.91 Å². The zero-order valence-electron chi connectivity index (χ0n) is 11.6. The Morgan fingerprint density at radius 1 is 1.16 bits per heavy atom. The predicted molar refractivity (Wildman–Crippen MR) is 78.8 cm³/mol. The van der Waals surface area contributed by atoms with E-state index in [2.05, 4.69) is 6.07 Å². The Hall–Kier alpha value is -1.51. The standard InChI is InChI=1S/C16H24N2O/c17-15-9-5-7-14(13-15)8-6-10-16(19)18-11-3-1-2-4-12-18/h5,7,9,13H,1-4,6,8,10-12,17H2. The van der Waals surface area contributed by atoms with E-state index in [4.69, 9.17) is 5.73 Å². The number of amides is 1. The number of benzene rings is 1. The van der Waals surface area contributed by atoms with Crippen LogP contribution in [0.3, 0.4) is 0 Å². The van der Waals surface area contributed by atoms with Crippen molar-refractivity contribution in [3.63, 3.8) is 0 Å². The van der Waals surface area contributed by atoms with Gasteiger partial charge in [-0.25, -0.2) is 0 Å². The minimum atomic E-state index is 0.325. The molecule has 1 fully saturated rings. The molecular weight excluding hydrogens is 236 g/mol. The van der Waals surface area contributed by atoms with Gasteiger partial charge in [-0.3, -0.25) is 4.79 Å². The first-order chi connectivity index (χ1) is 9.25. The summed E-state index contributed by atoms with van der Waals surface area (Å²) in [7, 11) is 0. The van der Waals surface area contributed by atoms with Gasteiger partial charge in [0.25, 0.3) is 0 Å². The lowest BCUT2D eigenvalue weighted by molar-refractivity contribution is -0.131. The van der Waals surface area contributed by atoms with Crippen molar-refractivity contribution in [2.24, 2.45) is 0 Å². The lowest BCUT2D eigenvalue weighted by atomic mass is 10.1. The largest absolute Gasteiger partial charge is 0.399 e. The maximum absolute atomic E-state index is 12.1. The summed E-state index contributed by atoms with van der Waals surface area (Å²) in [5, 5.41) is 0. The normalized spacial score (nSPS) is 16.1. The second-order valence-corrected chi connectivity index (χ2v) is 5.39. The summed E-state index contributed by atoms with van der Waals surface area (Å²) >= 11 is 0. The highest BCUT2D eigenvalue weighted by Gasteiger charge is 2.14. The van der Waals surface area contributed by atoms with E-state index in [9.17, 15) is 4.79 Å². The molecule has 0 unspecified atom stereocenters. The highest BCUT2D eigenvalue weighted by atomic mass is 16.2. The number of nitrogens with zero attached hydrogens (tertiary/aromatic N) is 1. The van der Waals surface area contributed by atoms with Crippen molar-refractivity contribution in [1.82, 2.24) is 4.90 Å². The third-order valence-electron chi connectivity index (χ3n) is 3.77. The van der Waals surface area contributed by atoms with Gasteiger partial charge in [-0.05, 0) is 43.4 Å². The maximum atomic E-state index is 12.1. The number of likely N-dealkylation sites (tertiary alicyclic amines) is 1. The monoisotopic (exact) mass is 260 g/mol. The molecule has 104 valence electrons. The summed E-state index contributed by atoms with van der Waals surface area (Å²) < 4.78 is 0. The number of carbonyl (C=O) groups excluding carboxylic acids is 1. The zero-order chi connectivity index (χ0) is 13.5. The molecule has 0 aromatic heterocycles. The molecule has 0 saturated carbocycles. The minimum Gasteiger partial charge on any atom is -0.399 e. The molecule has 2 rings (SSSR count). The number of rotatable bonds is 4. The molecule has 1 aliphatic rings. The van der Waals surface area contributed by atoms with Crippen LogP contribution in [0, 0.1) is 0 Å². The second-order valence-electron chi connectivity index (χ2n) is 5.39. The highest BCUT2D eigenvalue weighted by Crippen LogP contribution is 2.13. The first-order valence-electron chi connectivity index (χ1n) is 7.38. The van der Waals surface area contributed by atoms with Crippen molar-refractivity contribution in [3.8, 4) is 0 Å². The van der Waals surface area contributed by atoms with Crippen molar-refractivity contribution >= 4 is 11.6 Å². The van der Waals surface area contributed by atoms with Crippen LogP contribution in [-0.2, 0) is 11.2 Å². The molecule has 1 aliphatic heterocycles. The van der Waals surface area contributed by atoms with E-state index in [0.717, 1.165) is 31.6 Å². The molecular formula is C16H24N2O. The number of nitrogens with two attached hydrogens (primary N) is 1. The summed E-state index contributed by atoms with van der Waals surface area (Å²) in [6.45, 7) is 1.91. The Morgan fingerprint density at radius 2 is 1.89 bits per heavy atom. The van der Waals surface area contributed by atoms with E-state index in [-0.39, 0.29) is 0 Å².